The summed E-state index contributed by atoms with van der Waals surface area (Å²) in [5.41, 5.74) is 2.50. The Morgan fingerprint density at radius 3 is 3.00 bits per heavy atom. The quantitative estimate of drug-likeness (QED) is 0.854. The first-order valence-electron chi connectivity index (χ1n) is 6.27. The molecule has 5 heteroatoms. The van der Waals surface area contributed by atoms with Gasteiger partial charge >= 0.3 is 0 Å². The van der Waals surface area contributed by atoms with Gasteiger partial charge in [0.05, 0.1) is 12.3 Å². The molecule has 1 heterocycles. The Balaban J connectivity index is 1.86. The van der Waals surface area contributed by atoms with Gasteiger partial charge in [0.1, 0.15) is 11.6 Å². The maximum absolute atomic E-state index is 13.8. The average Bonchev–Trinajstić information content (AvgIpc) is 2.86. The van der Waals surface area contributed by atoms with Crippen LogP contribution in [0.3, 0.4) is 0 Å². The fourth-order valence-electron chi connectivity index (χ4n) is 2.33. The van der Waals surface area contributed by atoms with E-state index < -0.39 is 0 Å². The molecule has 0 radical (unpaired) electrons. The lowest BCUT2D eigenvalue weighted by atomic mass is 10.1. The average molecular weight is 357 g/mol. The lowest BCUT2D eigenvalue weighted by Crippen LogP contribution is -2.04. The third-order valence-corrected chi connectivity index (χ3v) is 4.12. The molecule has 1 aliphatic rings. The molecule has 3 rings (SSSR count). The minimum absolute atomic E-state index is 0.293. The molecule has 0 aliphatic carbocycles. The maximum Gasteiger partial charge on any atom is 0.147 e. The van der Waals surface area contributed by atoms with E-state index in [4.69, 9.17) is 16.3 Å². The van der Waals surface area contributed by atoms with E-state index in [-0.39, 0.29) is 5.82 Å². The molecule has 2 nitrogen and oxygen atoms in total. The van der Waals surface area contributed by atoms with Gasteiger partial charge in [0, 0.05) is 28.0 Å². The van der Waals surface area contributed by atoms with E-state index in [1.54, 1.807) is 12.1 Å². The highest BCUT2D eigenvalue weighted by molar-refractivity contribution is 9.10. The lowest BCUT2D eigenvalue weighted by Gasteiger charge is -2.12. The van der Waals surface area contributed by atoms with Crippen LogP contribution in [0.2, 0.25) is 5.02 Å². The van der Waals surface area contributed by atoms with E-state index in [9.17, 15) is 4.39 Å². The van der Waals surface area contributed by atoms with Crippen LogP contribution in [0.5, 0.6) is 5.75 Å². The summed E-state index contributed by atoms with van der Waals surface area (Å²) in [4.78, 5) is 0. The molecular weight excluding hydrogens is 345 g/mol. The second-order valence-corrected chi connectivity index (χ2v) is 5.89. The first-order valence-corrected chi connectivity index (χ1v) is 7.44. The summed E-state index contributed by atoms with van der Waals surface area (Å²) in [6.07, 6.45) is 0.867. The number of hydrogen-bond acceptors (Lipinski definition) is 2. The topological polar surface area (TPSA) is 21.3 Å². The van der Waals surface area contributed by atoms with Crippen molar-refractivity contribution in [2.75, 3.05) is 11.9 Å². The fourth-order valence-corrected chi connectivity index (χ4v) is 3.07. The zero-order valence-corrected chi connectivity index (χ0v) is 12.9. The second kappa shape index (κ2) is 5.62. The molecule has 0 bridgehead atoms. The zero-order chi connectivity index (χ0) is 14.1. The monoisotopic (exact) mass is 355 g/mol. The van der Waals surface area contributed by atoms with Gasteiger partial charge in [-0.1, -0.05) is 17.7 Å². The number of benzene rings is 2. The molecule has 0 saturated heterocycles. The van der Waals surface area contributed by atoms with Gasteiger partial charge in [-0.2, -0.15) is 0 Å². The summed E-state index contributed by atoms with van der Waals surface area (Å²) in [5.74, 6) is 0.577. The van der Waals surface area contributed by atoms with Gasteiger partial charge in [0.2, 0.25) is 0 Å². The van der Waals surface area contributed by atoms with Gasteiger partial charge in [-0.3, -0.25) is 0 Å². The zero-order valence-electron chi connectivity index (χ0n) is 10.6. The van der Waals surface area contributed by atoms with E-state index in [0.717, 1.165) is 23.3 Å². The van der Waals surface area contributed by atoms with Crippen LogP contribution in [-0.4, -0.2) is 6.61 Å². The Hall–Kier alpha value is -1.26. The largest absolute Gasteiger partial charge is 0.493 e. The van der Waals surface area contributed by atoms with Crippen LogP contribution in [0.25, 0.3) is 0 Å². The molecule has 0 unspecified atom stereocenters. The third kappa shape index (κ3) is 2.63. The lowest BCUT2D eigenvalue weighted by molar-refractivity contribution is 0.354. The molecule has 0 amide bonds. The van der Waals surface area contributed by atoms with Gasteiger partial charge in [-0.25, -0.2) is 4.39 Å². The van der Waals surface area contributed by atoms with E-state index in [2.05, 4.69) is 21.2 Å². The molecule has 0 aromatic heterocycles. The molecule has 0 saturated carbocycles. The van der Waals surface area contributed by atoms with Crippen LogP contribution >= 0.6 is 27.5 Å². The van der Waals surface area contributed by atoms with Crippen LogP contribution in [0.1, 0.15) is 11.1 Å². The molecule has 0 fully saturated rings. The standard InChI is InChI=1S/C15H12BrClFNO/c16-12-2-1-3-13(18)14(12)19-8-10-7-11(17)6-9-4-5-20-15(9)10/h1-3,6-7,19H,4-5,8H2. The Kier molecular flexibility index (Phi) is 3.85. The van der Waals surface area contributed by atoms with E-state index in [1.165, 1.54) is 6.07 Å². The van der Waals surface area contributed by atoms with Gasteiger partial charge in [0.25, 0.3) is 0 Å². The summed E-state index contributed by atoms with van der Waals surface area (Å²) in [5, 5.41) is 3.77. The number of nitrogens with one attached hydrogen (secondary N) is 1. The molecule has 1 aliphatic heterocycles. The van der Waals surface area contributed by atoms with Crippen molar-refractivity contribution in [2.45, 2.75) is 13.0 Å². The SMILES string of the molecule is Fc1cccc(Br)c1NCc1cc(Cl)cc2c1OCC2. The number of hydrogen-bond donors (Lipinski definition) is 1. The van der Waals surface area contributed by atoms with Gasteiger partial charge < -0.3 is 10.1 Å². The molecule has 104 valence electrons. The van der Waals surface area contributed by atoms with Crippen LogP contribution in [-0.2, 0) is 13.0 Å². The molecule has 1 N–H and O–H groups in total. The maximum atomic E-state index is 13.8. The highest BCUT2D eigenvalue weighted by atomic mass is 79.9. The summed E-state index contributed by atoms with van der Waals surface area (Å²) in [6, 6.07) is 8.65. The van der Waals surface area contributed by atoms with Crippen molar-refractivity contribution in [2.24, 2.45) is 0 Å². The summed E-state index contributed by atoms with van der Waals surface area (Å²) < 4.78 is 20.1. The predicted molar refractivity (Wildman–Crippen MR) is 82.1 cm³/mol. The predicted octanol–water partition coefficient (Wildman–Crippen LogP) is 4.79. The second-order valence-electron chi connectivity index (χ2n) is 4.60. The number of fused-ring (bicyclic) bond motifs is 1. The van der Waals surface area contributed by atoms with E-state index in [0.29, 0.717) is 28.3 Å². The van der Waals surface area contributed by atoms with Crippen LogP contribution < -0.4 is 10.1 Å². The first kappa shape index (κ1) is 13.7. The van der Waals surface area contributed by atoms with E-state index in [1.807, 2.05) is 12.1 Å². The van der Waals surface area contributed by atoms with Gasteiger partial charge in [-0.15, -0.1) is 0 Å². The van der Waals surface area contributed by atoms with Crippen molar-refractivity contribution in [1.82, 2.24) is 0 Å². The number of anilines is 1. The van der Waals surface area contributed by atoms with Crippen molar-refractivity contribution < 1.29 is 9.13 Å². The Labute approximate surface area is 130 Å². The van der Waals surface area contributed by atoms with Gasteiger partial charge in [0.15, 0.2) is 0 Å². The Morgan fingerprint density at radius 2 is 2.20 bits per heavy atom. The van der Waals surface area contributed by atoms with Crippen molar-refractivity contribution >= 4 is 33.2 Å². The normalized spacial score (nSPS) is 12.9. The van der Waals surface area contributed by atoms with Crippen molar-refractivity contribution in [1.29, 1.82) is 0 Å². The van der Waals surface area contributed by atoms with Crippen LogP contribution in [0.15, 0.2) is 34.8 Å². The summed E-state index contributed by atoms with van der Waals surface area (Å²) >= 11 is 9.44. The smallest absolute Gasteiger partial charge is 0.147 e. The molecular formula is C15H12BrClFNO. The molecule has 2 aromatic carbocycles. The molecule has 2 aromatic rings. The minimum atomic E-state index is -0.293. The fraction of sp³-hybridized carbons (Fsp3) is 0.200. The number of halogens is 3. The van der Waals surface area contributed by atoms with E-state index >= 15 is 0 Å². The summed E-state index contributed by atoms with van der Waals surface area (Å²) in [6.45, 7) is 1.13. The molecule has 0 atom stereocenters. The van der Waals surface area contributed by atoms with Gasteiger partial charge in [-0.05, 0) is 45.8 Å². The van der Waals surface area contributed by atoms with Crippen molar-refractivity contribution in [3.05, 3.63) is 56.8 Å². The Bertz CT molecular complexity index is 642. The first-order chi connectivity index (χ1) is 9.65. The van der Waals surface area contributed by atoms with Crippen LogP contribution in [0, 0.1) is 5.82 Å². The third-order valence-electron chi connectivity index (χ3n) is 3.24. The number of ether oxygens (including phenoxy) is 1. The summed E-state index contributed by atoms with van der Waals surface area (Å²) in [7, 11) is 0. The Morgan fingerprint density at radius 1 is 1.35 bits per heavy atom. The highest BCUT2D eigenvalue weighted by Crippen LogP contribution is 2.34. The minimum Gasteiger partial charge on any atom is -0.493 e. The number of rotatable bonds is 3. The molecule has 20 heavy (non-hydrogen) atoms. The number of para-hydroxylation sites is 1. The van der Waals surface area contributed by atoms with Crippen LogP contribution in [0.4, 0.5) is 10.1 Å². The van der Waals surface area contributed by atoms with Crippen molar-refractivity contribution in [3.63, 3.8) is 0 Å². The van der Waals surface area contributed by atoms with Crippen molar-refractivity contribution in [3.8, 4) is 5.75 Å². The molecule has 0 spiro atoms. The highest BCUT2D eigenvalue weighted by Gasteiger charge is 2.18.